The molecule has 22 heavy (non-hydrogen) atoms. The van der Waals surface area contributed by atoms with Crippen LogP contribution in [-0.4, -0.2) is 65.4 Å². The molecular formula is C15H27N3O4. The number of hydrogen-bond acceptors (Lipinski definition) is 4. The molecule has 0 radical (unpaired) electrons. The van der Waals surface area contributed by atoms with Gasteiger partial charge in [-0.25, -0.2) is 0 Å². The minimum Gasteiger partial charge on any atom is -0.633 e. The molecule has 4 unspecified atom stereocenters. The number of carboxylic acids is 1. The Morgan fingerprint density at radius 2 is 2.23 bits per heavy atom. The summed E-state index contributed by atoms with van der Waals surface area (Å²) in [4.78, 5) is 24.7. The van der Waals surface area contributed by atoms with Gasteiger partial charge in [-0.1, -0.05) is 13.0 Å². The van der Waals surface area contributed by atoms with Crippen molar-refractivity contribution in [3.63, 3.8) is 0 Å². The molecule has 1 aliphatic rings. The van der Waals surface area contributed by atoms with Crippen molar-refractivity contribution in [2.24, 2.45) is 5.92 Å². The number of hydroxylamine groups is 3. The van der Waals surface area contributed by atoms with E-state index in [1.807, 2.05) is 6.92 Å². The highest BCUT2D eigenvalue weighted by Gasteiger charge is 2.41. The molecular weight excluding hydrogens is 286 g/mol. The molecule has 0 aromatic heterocycles. The van der Waals surface area contributed by atoms with Gasteiger partial charge in [0.2, 0.25) is 5.91 Å². The average Bonchev–Trinajstić information content (AvgIpc) is 2.81. The molecule has 7 heteroatoms. The Morgan fingerprint density at radius 3 is 2.68 bits per heavy atom. The Labute approximate surface area is 131 Å². The van der Waals surface area contributed by atoms with E-state index in [0.717, 1.165) is 6.42 Å². The summed E-state index contributed by atoms with van der Waals surface area (Å²) in [5, 5.41) is 24.6. The fourth-order valence-corrected chi connectivity index (χ4v) is 3.05. The van der Waals surface area contributed by atoms with Crippen molar-refractivity contribution in [1.29, 1.82) is 0 Å². The number of rotatable bonds is 8. The summed E-state index contributed by atoms with van der Waals surface area (Å²) in [6.07, 6.45) is 2.32. The van der Waals surface area contributed by atoms with Crippen LogP contribution < -0.4 is 5.32 Å². The first kappa shape index (κ1) is 18.6. The Bertz CT molecular complexity index is 425. The number of hydrogen-bond donors (Lipinski definition) is 2. The highest BCUT2D eigenvalue weighted by molar-refractivity contribution is 5.75. The molecule has 1 heterocycles. The number of nitrogens with zero attached hydrogens (tertiary/aromatic N) is 2. The molecule has 0 aliphatic carbocycles. The molecule has 4 atom stereocenters. The number of carboxylic acid groups (broad SMARTS) is 1. The molecule has 1 fully saturated rings. The summed E-state index contributed by atoms with van der Waals surface area (Å²) < 4.78 is -0.511. The van der Waals surface area contributed by atoms with Crippen LogP contribution in [0, 0.1) is 11.1 Å². The molecule has 0 bridgehead atoms. The van der Waals surface area contributed by atoms with Gasteiger partial charge < -0.3 is 20.3 Å². The summed E-state index contributed by atoms with van der Waals surface area (Å²) in [6.45, 7) is 8.05. The Kier molecular flexibility index (Phi) is 6.52. The van der Waals surface area contributed by atoms with Gasteiger partial charge in [0.05, 0.1) is 13.6 Å². The van der Waals surface area contributed by atoms with E-state index in [-0.39, 0.29) is 18.4 Å². The third kappa shape index (κ3) is 5.08. The lowest BCUT2D eigenvalue weighted by Gasteiger charge is -2.43. The predicted molar refractivity (Wildman–Crippen MR) is 83.6 cm³/mol. The van der Waals surface area contributed by atoms with Crippen LogP contribution in [0.15, 0.2) is 12.7 Å². The molecule has 126 valence electrons. The topological polar surface area (TPSA) is 92.7 Å². The summed E-state index contributed by atoms with van der Waals surface area (Å²) in [7, 11) is 1.55. The molecule has 0 aromatic carbocycles. The van der Waals surface area contributed by atoms with Crippen LogP contribution in [0.1, 0.15) is 26.7 Å². The zero-order valence-corrected chi connectivity index (χ0v) is 13.6. The average molecular weight is 313 g/mol. The van der Waals surface area contributed by atoms with Gasteiger partial charge in [0.1, 0.15) is 18.8 Å². The highest BCUT2D eigenvalue weighted by Crippen LogP contribution is 2.26. The quantitative estimate of drug-likeness (QED) is 0.392. The van der Waals surface area contributed by atoms with E-state index in [4.69, 9.17) is 0 Å². The summed E-state index contributed by atoms with van der Waals surface area (Å²) in [5.41, 5.74) is 0. The summed E-state index contributed by atoms with van der Waals surface area (Å²) in [5.74, 6) is -1.16. The summed E-state index contributed by atoms with van der Waals surface area (Å²) in [6, 6.07) is -0.707. The first-order valence-electron chi connectivity index (χ1n) is 7.64. The van der Waals surface area contributed by atoms with Crippen LogP contribution in [-0.2, 0) is 9.59 Å². The smallest absolute Gasteiger partial charge is 0.321 e. The summed E-state index contributed by atoms with van der Waals surface area (Å²) >= 11 is 0. The largest absolute Gasteiger partial charge is 0.633 e. The number of amides is 1. The first-order valence-corrected chi connectivity index (χ1v) is 7.64. The van der Waals surface area contributed by atoms with E-state index in [1.54, 1.807) is 18.0 Å². The molecule has 0 aromatic rings. The minimum absolute atomic E-state index is 0.0499. The molecule has 1 amide bonds. The van der Waals surface area contributed by atoms with Crippen LogP contribution in [0.4, 0.5) is 0 Å². The standard InChI is InChI=1S/C15H27N3O4/c1-5-7-18(4,22)10-14(16-11(3)19)17-9-12(6-2)8-13(17)15(20)21/h6,12-14H,2,5,7-10H2,1,3-4H3,(H,16,19)(H,20,21). The Hall–Kier alpha value is -1.44. The van der Waals surface area contributed by atoms with E-state index < -0.39 is 22.8 Å². The maximum absolute atomic E-state index is 12.5. The van der Waals surface area contributed by atoms with Gasteiger partial charge in [0.15, 0.2) is 0 Å². The second kappa shape index (κ2) is 7.71. The molecule has 0 spiro atoms. The maximum atomic E-state index is 12.5. The van der Waals surface area contributed by atoms with Gasteiger partial charge in [-0.05, 0) is 18.8 Å². The van der Waals surface area contributed by atoms with Gasteiger partial charge in [-0.15, -0.1) is 6.58 Å². The molecule has 1 rings (SSSR count). The van der Waals surface area contributed by atoms with E-state index in [0.29, 0.717) is 19.5 Å². The van der Waals surface area contributed by atoms with Crippen LogP contribution in [0.25, 0.3) is 0 Å². The third-order valence-electron chi connectivity index (χ3n) is 4.02. The lowest BCUT2D eigenvalue weighted by Crippen LogP contribution is -2.59. The number of nitrogens with one attached hydrogen (secondary N) is 1. The zero-order chi connectivity index (χ0) is 16.9. The normalized spacial score (nSPS) is 26.2. The van der Waals surface area contributed by atoms with Crippen molar-refractivity contribution >= 4 is 11.9 Å². The SMILES string of the molecule is C=CC1CC(C(=O)O)N(C(C[N+](C)([O-])CCC)NC(C)=O)C1. The molecule has 1 saturated heterocycles. The second-order valence-electron chi connectivity index (χ2n) is 6.20. The molecule has 1 aliphatic heterocycles. The van der Waals surface area contributed by atoms with Gasteiger partial charge in [-0.2, -0.15) is 0 Å². The Morgan fingerprint density at radius 1 is 1.59 bits per heavy atom. The fourth-order valence-electron chi connectivity index (χ4n) is 3.05. The van der Waals surface area contributed by atoms with Crippen LogP contribution in [0.3, 0.4) is 0 Å². The van der Waals surface area contributed by atoms with Crippen molar-refractivity contribution < 1.29 is 19.3 Å². The second-order valence-corrected chi connectivity index (χ2v) is 6.20. The lowest BCUT2D eigenvalue weighted by atomic mass is 10.1. The van der Waals surface area contributed by atoms with E-state index in [2.05, 4.69) is 11.9 Å². The highest BCUT2D eigenvalue weighted by atomic mass is 16.5. The van der Waals surface area contributed by atoms with Crippen LogP contribution >= 0.6 is 0 Å². The number of carbonyl (C=O) groups is 2. The van der Waals surface area contributed by atoms with Crippen molar-refractivity contribution in [2.45, 2.75) is 38.9 Å². The fraction of sp³-hybridized carbons (Fsp3) is 0.733. The van der Waals surface area contributed by atoms with Gasteiger partial charge >= 0.3 is 5.97 Å². The van der Waals surface area contributed by atoms with Crippen LogP contribution in [0.5, 0.6) is 0 Å². The van der Waals surface area contributed by atoms with Crippen LogP contribution in [0.2, 0.25) is 0 Å². The lowest BCUT2D eigenvalue weighted by molar-refractivity contribution is -0.863. The van der Waals surface area contributed by atoms with E-state index in [9.17, 15) is 19.9 Å². The van der Waals surface area contributed by atoms with E-state index >= 15 is 0 Å². The first-order chi connectivity index (χ1) is 10.2. The van der Waals surface area contributed by atoms with Crippen molar-refractivity contribution in [2.75, 3.05) is 26.7 Å². The third-order valence-corrected chi connectivity index (χ3v) is 4.02. The van der Waals surface area contributed by atoms with Crippen molar-refractivity contribution in [3.8, 4) is 0 Å². The molecule has 7 nitrogen and oxygen atoms in total. The number of carbonyl (C=O) groups excluding carboxylic acids is 1. The predicted octanol–water partition coefficient (Wildman–Crippen LogP) is 0.764. The molecule has 0 saturated carbocycles. The van der Waals surface area contributed by atoms with Gasteiger partial charge in [0.25, 0.3) is 0 Å². The van der Waals surface area contributed by atoms with Gasteiger partial charge in [-0.3, -0.25) is 14.5 Å². The number of likely N-dealkylation sites (tertiary alicyclic amines) is 1. The maximum Gasteiger partial charge on any atom is 0.321 e. The van der Waals surface area contributed by atoms with E-state index in [1.165, 1.54) is 6.92 Å². The molecule has 2 N–H and O–H groups in total. The van der Waals surface area contributed by atoms with Gasteiger partial charge in [0, 0.05) is 13.5 Å². The minimum atomic E-state index is -0.935. The van der Waals surface area contributed by atoms with Crippen molar-refractivity contribution in [3.05, 3.63) is 17.9 Å². The number of likely N-dealkylation sites (N-methyl/N-ethyl adjacent to an activating group) is 1. The number of quaternary nitrogens is 1. The van der Waals surface area contributed by atoms with Crippen molar-refractivity contribution in [1.82, 2.24) is 10.2 Å². The monoisotopic (exact) mass is 313 g/mol. The Balaban J connectivity index is 2.96. The zero-order valence-electron chi connectivity index (χ0n) is 13.6. The number of aliphatic carboxylic acids is 1.